The zero-order chi connectivity index (χ0) is 33.3. The van der Waals surface area contributed by atoms with Crippen LogP contribution in [0, 0.1) is 0 Å². The number of aromatic nitrogens is 3. The van der Waals surface area contributed by atoms with Crippen LogP contribution in [0.4, 0.5) is 15.0 Å². The molecule has 3 saturated heterocycles. The van der Waals surface area contributed by atoms with Gasteiger partial charge in [-0.2, -0.15) is 14.6 Å². The van der Waals surface area contributed by atoms with E-state index in [1.807, 2.05) is 37.3 Å². The van der Waals surface area contributed by atoms with Crippen molar-refractivity contribution >= 4 is 29.4 Å². The molecule has 14 heteroatoms. The van der Waals surface area contributed by atoms with Crippen molar-refractivity contribution in [2.75, 3.05) is 65.2 Å². The highest BCUT2D eigenvalue weighted by Gasteiger charge is 2.53. The summed E-state index contributed by atoms with van der Waals surface area (Å²) in [6, 6.07) is 1.92. The number of likely N-dealkylation sites (N-methyl/N-ethyl adjacent to an activating group) is 1. The first-order valence-corrected chi connectivity index (χ1v) is 16.8. The van der Waals surface area contributed by atoms with E-state index in [0.717, 1.165) is 24.2 Å². The number of carbonyl (C=O) groups is 3. The second-order valence-electron chi connectivity index (χ2n) is 13.9. The highest BCUT2D eigenvalue weighted by Crippen LogP contribution is 2.42. The Morgan fingerprint density at radius 3 is 2.47 bits per heavy atom. The molecule has 1 atom stereocenters. The lowest BCUT2D eigenvalue weighted by atomic mass is 10.1. The average Bonchev–Trinajstić information content (AvgIpc) is 3.62. The lowest BCUT2D eigenvalue weighted by molar-refractivity contribution is -0.140. The zero-order valence-electron chi connectivity index (χ0n) is 27.9. The number of rotatable bonds is 10. The van der Waals surface area contributed by atoms with Gasteiger partial charge in [-0.05, 0) is 58.5 Å². The Balaban J connectivity index is 1.04. The van der Waals surface area contributed by atoms with Gasteiger partial charge >= 0.3 is 6.09 Å². The summed E-state index contributed by atoms with van der Waals surface area (Å²) in [4.78, 5) is 49.5. The summed E-state index contributed by atoms with van der Waals surface area (Å²) in [7, 11) is 3.88. The van der Waals surface area contributed by atoms with Crippen molar-refractivity contribution in [2.45, 2.75) is 82.2 Å². The maximum absolute atomic E-state index is 14.5. The Labute approximate surface area is 275 Å². The molecule has 1 aliphatic carbocycles. The monoisotopic (exact) mass is 654 g/mol. The van der Waals surface area contributed by atoms with E-state index in [0.29, 0.717) is 83.0 Å². The quantitative estimate of drug-likeness (QED) is 0.385. The number of amides is 3. The molecule has 0 bridgehead atoms. The van der Waals surface area contributed by atoms with Gasteiger partial charge in [0.25, 0.3) is 5.91 Å². The van der Waals surface area contributed by atoms with Crippen molar-refractivity contribution in [2.24, 2.45) is 0 Å². The fourth-order valence-electron chi connectivity index (χ4n) is 6.32. The molecule has 1 saturated carbocycles. The van der Waals surface area contributed by atoms with E-state index >= 15 is 0 Å². The third-order valence-electron chi connectivity index (χ3n) is 9.39. The smallest absolute Gasteiger partial charge is 0.410 e. The predicted octanol–water partition coefficient (Wildman–Crippen LogP) is 3.07. The summed E-state index contributed by atoms with van der Waals surface area (Å²) in [5, 5.41) is 8.23. The highest BCUT2D eigenvalue weighted by molar-refractivity contribution is 5.88. The van der Waals surface area contributed by atoms with Crippen molar-refractivity contribution in [1.29, 1.82) is 0 Å². The van der Waals surface area contributed by atoms with Crippen LogP contribution >= 0.6 is 0 Å². The number of hydrogen-bond donors (Lipinski definition) is 1. The van der Waals surface area contributed by atoms with Gasteiger partial charge in [-0.15, -0.1) is 0 Å². The molecule has 47 heavy (non-hydrogen) atoms. The zero-order valence-corrected chi connectivity index (χ0v) is 27.9. The molecule has 256 valence electrons. The second kappa shape index (κ2) is 13.7. The van der Waals surface area contributed by atoms with E-state index in [4.69, 9.17) is 14.5 Å². The van der Waals surface area contributed by atoms with Crippen LogP contribution < -0.4 is 10.1 Å². The van der Waals surface area contributed by atoms with Gasteiger partial charge in [0.2, 0.25) is 11.8 Å². The lowest BCUT2D eigenvalue weighted by Gasteiger charge is -2.39. The van der Waals surface area contributed by atoms with Crippen molar-refractivity contribution in [3.63, 3.8) is 0 Å². The minimum Gasteiger partial charge on any atom is -0.472 e. The van der Waals surface area contributed by atoms with Gasteiger partial charge in [-0.25, -0.2) is 9.18 Å². The molecule has 3 aliphatic heterocycles. The number of hydrogen-bond acceptors (Lipinski definition) is 9. The first-order chi connectivity index (χ1) is 22.5. The topological polar surface area (TPSA) is 125 Å². The number of anilines is 1. The molecule has 0 aromatic carbocycles. The number of fused-ring (bicyclic) bond motifs is 1. The molecule has 5 heterocycles. The Morgan fingerprint density at radius 2 is 1.79 bits per heavy atom. The second-order valence-corrected chi connectivity index (χ2v) is 13.9. The fraction of sp³-hybridized carbons (Fsp3) is 0.667. The van der Waals surface area contributed by atoms with Gasteiger partial charge in [-0.3, -0.25) is 9.59 Å². The molecule has 3 amide bonds. The number of likely N-dealkylation sites (tertiary alicyclic amines) is 3. The number of carbonyl (C=O) groups excluding carboxylic acids is 3. The number of ether oxygens (including phenoxy) is 2. The Hall–Kier alpha value is -3.94. The first kappa shape index (κ1) is 33.0. The van der Waals surface area contributed by atoms with Gasteiger partial charge in [0.1, 0.15) is 18.0 Å². The summed E-state index contributed by atoms with van der Waals surface area (Å²) in [5.41, 5.74) is 0.00562. The molecular weight excluding hydrogens is 607 g/mol. The van der Waals surface area contributed by atoms with Crippen LogP contribution in [-0.4, -0.2) is 136 Å². The summed E-state index contributed by atoms with van der Waals surface area (Å²) >= 11 is 0. The molecular formula is C33H47FN8O5. The molecule has 1 N–H and O–H groups in total. The Kier molecular flexibility index (Phi) is 9.58. The predicted molar refractivity (Wildman–Crippen MR) is 173 cm³/mol. The fourth-order valence-corrected chi connectivity index (χ4v) is 6.32. The molecule has 0 unspecified atom stereocenters. The summed E-state index contributed by atoms with van der Waals surface area (Å²) in [6.45, 7) is 7.65. The van der Waals surface area contributed by atoms with Crippen LogP contribution in [0.5, 0.6) is 5.88 Å². The van der Waals surface area contributed by atoms with Gasteiger partial charge in [0.15, 0.2) is 11.3 Å². The van der Waals surface area contributed by atoms with E-state index < -0.39 is 11.6 Å². The Bertz CT molecular complexity index is 1490. The number of nitrogens with zero attached hydrogens (tertiary/aromatic N) is 7. The van der Waals surface area contributed by atoms with Crippen LogP contribution in [0.15, 0.2) is 24.4 Å². The maximum atomic E-state index is 14.5. The van der Waals surface area contributed by atoms with Gasteiger partial charge in [0.05, 0.1) is 25.8 Å². The summed E-state index contributed by atoms with van der Waals surface area (Å²) < 4.78 is 28.3. The number of halogens is 1. The summed E-state index contributed by atoms with van der Waals surface area (Å²) in [5.74, 6) is 0.881. The Morgan fingerprint density at radius 1 is 1.06 bits per heavy atom. The third kappa shape index (κ3) is 7.63. The number of piperidine rings is 2. The van der Waals surface area contributed by atoms with E-state index in [1.165, 1.54) is 0 Å². The minimum atomic E-state index is -1.69. The van der Waals surface area contributed by atoms with E-state index in [9.17, 15) is 18.8 Å². The van der Waals surface area contributed by atoms with Gasteiger partial charge in [-0.1, -0.05) is 19.9 Å². The molecule has 2 aromatic heterocycles. The first-order valence-electron chi connectivity index (χ1n) is 16.8. The summed E-state index contributed by atoms with van der Waals surface area (Å²) in [6.07, 6.45) is 7.84. The van der Waals surface area contributed by atoms with Gasteiger partial charge in [0, 0.05) is 49.9 Å². The lowest BCUT2D eigenvalue weighted by Crippen LogP contribution is -2.56. The minimum absolute atomic E-state index is 0.0679. The number of alkyl halides is 1. The molecule has 6 rings (SSSR count). The highest BCUT2D eigenvalue weighted by atomic mass is 19.1. The van der Waals surface area contributed by atoms with Gasteiger partial charge < -0.3 is 34.4 Å². The largest absolute Gasteiger partial charge is 0.472 e. The molecule has 0 spiro atoms. The molecule has 13 nitrogen and oxygen atoms in total. The van der Waals surface area contributed by atoms with Crippen molar-refractivity contribution in [3.05, 3.63) is 30.0 Å². The normalized spacial score (nSPS) is 21.9. The molecule has 0 radical (unpaired) electrons. The maximum Gasteiger partial charge on any atom is 0.410 e. The third-order valence-corrected chi connectivity index (χ3v) is 9.39. The van der Waals surface area contributed by atoms with E-state index in [2.05, 4.69) is 24.3 Å². The SMILES string of the molecule is CC(C)c1cnn2c(NC3CCN(C(=O)OC4CN(C(=O)/C=C/CN(C)C)C4)CC3)cc(O[C@@H]3CCCN(C(=O)C4(F)CC4)C3)nc12. The molecule has 2 aromatic rings. The van der Waals surface area contributed by atoms with Crippen LogP contribution in [0.3, 0.4) is 0 Å². The standard InChI is InChI=1S/C33H47FN8O5/c1-22(2)26-18-35-42-27(17-28(37-30(26)42)46-24-7-5-14-40(19-24)31(44)33(34)11-12-33)36-23-9-15-39(16-10-23)32(45)47-25-20-41(21-25)29(43)8-6-13-38(3)4/h6,8,17-18,22-25,36H,5,7,9-16,19-21H2,1-4H3/b8-6+/t24-/m1/s1. The molecule has 4 aliphatic rings. The number of nitrogens with one attached hydrogen (secondary N) is 1. The van der Waals surface area contributed by atoms with Crippen molar-refractivity contribution in [1.82, 2.24) is 34.2 Å². The van der Waals surface area contributed by atoms with Crippen LogP contribution in [0.1, 0.15) is 63.9 Å². The van der Waals surface area contributed by atoms with E-state index in [-0.39, 0.29) is 36.2 Å². The van der Waals surface area contributed by atoms with E-state index in [1.54, 1.807) is 25.3 Å². The van der Waals surface area contributed by atoms with Crippen LogP contribution in [0.25, 0.3) is 5.65 Å². The van der Waals surface area contributed by atoms with Crippen LogP contribution in [-0.2, 0) is 14.3 Å². The molecule has 4 fully saturated rings. The van der Waals surface area contributed by atoms with Crippen molar-refractivity contribution < 1.29 is 28.2 Å². The van der Waals surface area contributed by atoms with Crippen molar-refractivity contribution in [3.8, 4) is 5.88 Å². The van der Waals surface area contributed by atoms with Crippen LogP contribution in [0.2, 0.25) is 0 Å². The average molecular weight is 655 g/mol.